The van der Waals surface area contributed by atoms with Crippen molar-refractivity contribution < 1.29 is 23.6 Å². The fourth-order valence-electron chi connectivity index (χ4n) is 5.24. The zero-order valence-electron chi connectivity index (χ0n) is 26.9. The minimum atomic E-state index is -0.548. The summed E-state index contributed by atoms with van der Waals surface area (Å²) in [7, 11) is -0.235. The lowest BCUT2D eigenvalue weighted by molar-refractivity contribution is -0.154. The molecule has 1 saturated heterocycles. The van der Waals surface area contributed by atoms with Crippen LogP contribution >= 0.6 is 0 Å². The van der Waals surface area contributed by atoms with E-state index in [0.717, 1.165) is 56.3 Å². The van der Waals surface area contributed by atoms with Gasteiger partial charge in [-0.05, 0) is 122 Å². The van der Waals surface area contributed by atoms with Crippen LogP contribution in [0.2, 0.25) is 5.82 Å². The summed E-state index contributed by atoms with van der Waals surface area (Å²) in [6.45, 7) is 17.5. The van der Waals surface area contributed by atoms with Gasteiger partial charge in [-0.15, -0.1) is 0 Å². The molecule has 6 heteroatoms. The summed E-state index contributed by atoms with van der Waals surface area (Å²) in [5.41, 5.74) is 2.45. The Morgan fingerprint density at radius 3 is 2.22 bits per heavy atom. The summed E-state index contributed by atoms with van der Waals surface area (Å²) >= 11 is 0. The van der Waals surface area contributed by atoms with E-state index < -0.39 is 5.41 Å². The average molecular weight is 565 g/mol. The highest BCUT2D eigenvalue weighted by Gasteiger charge is 2.53. The quantitative estimate of drug-likeness (QED) is 0.116. The average Bonchev–Trinajstić information content (AvgIpc) is 3.14. The molecule has 1 aliphatic rings. The highest BCUT2D eigenvalue weighted by atomic mass is 16.7. The van der Waals surface area contributed by atoms with Crippen LogP contribution in [0.5, 0.6) is 5.75 Å². The Kier molecular flexibility index (Phi) is 11.9. The van der Waals surface area contributed by atoms with Crippen LogP contribution in [0, 0.1) is 19.3 Å². The maximum absolute atomic E-state index is 12.9. The van der Waals surface area contributed by atoms with Gasteiger partial charge in [0, 0.05) is 0 Å². The number of esters is 1. The monoisotopic (exact) mass is 564 g/mol. The van der Waals surface area contributed by atoms with Crippen molar-refractivity contribution in [1.82, 2.24) is 0 Å². The fraction of sp³-hybridized carbons (Fsp3) is 0.629. The lowest BCUT2D eigenvalue weighted by Gasteiger charge is -2.32. The lowest BCUT2D eigenvalue weighted by Crippen LogP contribution is -2.41. The molecule has 5 nitrogen and oxygen atoms in total. The van der Waals surface area contributed by atoms with E-state index in [1.807, 2.05) is 13.8 Å². The van der Waals surface area contributed by atoms with Crippen LogP contribution < -0.4 is 4.74 Å². The van der Waals surface area contributed by atoms with Gasteiger partial charge in [-0.1, -0.05) is 55.3 Å². The zero-order valence-corrected chi connectivity index (χ0v) is 26.9. The first-order chi connectivity index (χ1) is 19.3. The van der Waals surface area contributed by atoms with Gasteiger partial charge in [0.15, 0.2) is 0 Å². The van der Waals surface area contributed by atoms with Crippen LogP contribution in [0.15, 0.2) is 48.5 Å². The van der Waals surface area contributed by atoms with Crippen molar-refractivity contribution in [1.29, 1.82) is 0 Å². The molecule has 0 radical (unpaired) electrons. The standard InChI is InChI=1S/C35H53BO5/c1-27-21-22-28(2)31(26-27)38-25-15-23-33(3,4)32(37)39-24-14-20-30(36-40-34(5,6)35(7,8)41-36)19-13-12-18-29-16-10-9-11-17-29/h9-11,16-17,21-22,26,30H,12-15,18-20,23-25H2,1-8H3/t30-/m0/s1. The van der Waals surface area contributed by atoms with E-state index >= 15 is 0 Å². The van der Waals surface area contributed by atoms with Gasteiger partial charge >= 0.3 is 13.1 Å². The van der Waals surface area contributed by atoms with E-state index in [-0.39, 0.29) is 30.1 Å². The van der Waals surface area contributed by atoms with Gasteiger partial charge in [0.2, 0.25) is 0 Å². The van der Waals surface area contributed by atoms with Gasteiger partial charge in [-0.2, -0.15) is 0 Å². The van der Waals surface area contributed by atoms with E-state index in [0.29, 0.717) is 19.6 Å². The smallest absolute Gasteiger partial charge is 0.461 e. The summed E-state index contributed by atoms with van der Waals surface area (Å²) in [6, 6.07) is 16.9. The van der Waals surface area contributed by atoms with Crippen molar-refractivity contribution in [3.63, 3.8) is 0 Å². The first-order valence-electron chi connectivity index (χ1n) is 15.6. The molecule has 2 aromatic carbocycles. The van der Waals surface area contributed by atoms with Gasteiger partial charge in [0.05, 0.1) is 29.8 Å². The Labute approximate surface area is 249 Å². The third-order valence-electron chi connectivity index (χ3n) is 8.84. The maximum atomic E-state index is 12.9. The Morgan fingerprint density at radius 2 is 1.54 bits per heavy atom. The van der Waals surface area contributed by atoms with Crippen LogP contribution in [-0.4, -0.2) is 37.5 Å². The predicted octanol–water partition coefficient (Wildman–Crippen LogP) is 8.69. The highest BCUT2D eigenvalue weighted by molar-refractivity contribution is 6.47. The van der Waals surface area contributed by atoms with Gasteiger partial charge in [-0.25, -0.2) is 0 Å². The molecule has 226 valence electrons. The summed E-state index contributed by atoms with van der Waals surface area (Å²) < 4.78 is 24.6. The van der Waals surface area contributed by atoms with Crippen molar-refractivity contribution >= 4 is 13.1 Å². The molecule has 0 spiro atoms. The molecule has 3 rings (SSSR count). The Balaban J connectivity index is 1.43. The third-order valence-corrected chi connectivity index (χ3v) is 8.84. The van der Waals surface area contributed by atoms with Gasteiger partial charge in [-0.3, -0.25) is 4.79 Å². The third kappa shape index (κ3) is 9.89. The number of rotatable bonds is 16. The van der Waals surface area contributed by atoms with E-state index in [9.17, 15) is 4.79 Å². The molecular formula is C35H53BO5. The molecule has 2 aromatic rings. The molecule has 0 amide bonds. The van der Waals surface area contributed by atoms with Crippen molar-refractivity contribution in [2.45, 2.75) is 124 Å². The van der Waals surface area contributed by atoms with Crippen LogP contribution in [0.3, 0.4) is 0 Å². The Morgan fingerprint density at radius 1 is 0.878 bits per heavy atom. The number of unbranched alkanes of at least 4 members (excludes halogenated alkanes) is 1. The summed E-state index contributed by atoms with van der Waals surface area (Å²) in [6.07, 6.45) is 7.57. The molecule has 1 heterocycles. The number of aryl methyl sites for hydroxylation is 3. The minimum absolute atomic E-state index is 0.140. The molecule has 0 aliphatic carbocycles. The van der Waals surface area contributed by atoms with Gasteiger partial charge < -0.3 is 18.8 Å². The second kappa shape index (κ2) is 14.7. The lowest BCUT2D eigenvalue weighted by atomic mass is 9.67. The number of hydrogen-bond donors (Lipinski definition) is 0. The summed E-state index contributed by atoms with van der Waals surface area (Å²) in [5.74, 6) is 1.04. The summed E-state index contributed by atoms with van der Waals surface area (Å²) in [4.78, 5) is 12.9. The molecular weight excluding hydrogens is 511 g/mol. The first-order valence-corrected chi connectivity index (χ1v) is 15.6. The fourth-order valence-corrected chi connectivity index (χ4v) is 5.24. The van der Waals surface area contributed by atoms with E-state index in [2.05, 4.69) is 90.1 Å². The normalized spacial score (nSPS) is 16.9. The van der Waals surface area contributed by atoms with Crippen molar-refractivity contribution in [2.24, 2.45) is 5.41 Å². The second-order valence-electron chi connectivity index (χ2n) is 13.5. The van der Waals surface area contributed by atoms with Crippen molar-refractivity contribution in [2.75, 3.05) is 13.2 Å². The topological polar surface area (TPSA) is 54.0 Å². The number of benzene rings is 2. The van der Waals surface area contributed by atoms with Gasteiger partial charge in [0.25, 0.3) is 0 Å². The SMILES string of the molecule is Cc1ccc(C)c(OCCCC(C)(C)C(=O)OCCC[C@H](CCCCc2ccccc2)B2OC(C)(C)C(C)(C)O2)c1. The van der Waals surface area contributed by atoms with E-state index in [1.165, 1.54) is 11.1 Å². The molecule has 1 fully saturated rings. The molecule has 1 aliphatic heterocycles. The molecule has 0 N–H and O–H groups in total. The largest absolute Gasteiger partial charge is 0.493 e. The maximum Gasteiger partial charge on any atom is 0.461 e. The minimum Gasteiger partial charge on any atom is -0.493 e. The number of carbonyl (C=O) groups is 1. The van der Waals surface area contributed by atoms with Gasteiger partial charge in [0.1, 0.15) is 5.75 Å². The number of hydrogen-bond acceptors (Lipinski definition) is 5. The predicted molar refractivity (Wildman–Crippen MR) is 168 cm³/mol. The number of ether oxygens (including phenoxy) is 2. The van der Waals surface area contributed by atoms with Crippen LogP contribution in [-0.2, 0) is 25.3 Å². The number of carbonyl (C=O) groups excluding carboxylic acids is 1. The molecule has 0 saturated carbocycles. The Bertz CT molecular complexity index is 1080. The molecule has 1 atom stereocenters. The Hall–Kier alpha value is -2.31. The van der Waals surface area contributed by atoms with E-state index in [1.54, 1.807) is 0 Å². The van der Waals surface area contributed by atoms with Crippen LogP contribution in [0.1, 0.15) is 103 Å². The molecule has 0 unspecified atom stereocenters. The molecule has 41 heavy (non-hydrogen) atoms. The van der Waals surface area contributed by atoms with Crippen molar-refractivity contribution in [3.05, 3.63) is 65.2 Å². The molecule has 0 aromatic heterocycles. The van der Waals surface area contributed by atoms with Crippen molar-refractivity contribution in [3.8, 4) is 5.75 Å². The van der Waals surface area contributed by atoms with E-state index in [4.69, 9.17) is 18.8 Å². The zero-order chi connectivity index (χ0) is 30.1. The van der Waals surface area contributed by atoms with Crippen LogP contribution in [0.25, 0.3) is 0 Å². The highest BCUT2D eigenvalue weighted by Crippen LogP contribution is 2.42. The second-order valence-corrected chi connectivity index (χ2v) is 13.5. The molecule has 0 bridgehead atoms. The summed E-state index contributed by atoms with van der Waals surface area (Å²) in [5, 5.41) is 0. The first kappa shape index (κ1) is 33.2. The van der Waals surface area contributed by atoms with Crippen LogP contribution in [0.4, 0.5) is 0 Å².